The maximum Gasteiger partial charge on any atom is 0.416 e. The summed E-state index contributed by atoms with van der Waals surface area (Å²) >= 11 is 0. The number of fused-ring (bicyclic) bond motifs is 1. The zero-order valence-electron chi connectivity index (χ0n) is 25.8. The molecular formula is C32H37F3N4O6S. The maximum absolute atomic E-state index is 13.5. The summed E-state index contributed by atoms with van der Waals surface area (Å²) in [5.74, 6) is -0.337. The third-order valence-corrected chi connectivity index (χ3v) is 9.65. The van der Waals surface area contributed by atoms with E-state index in [1.807, 2.05) is 13.8 Å². The Bertz CT molecular complexity index is 1650. The predicted octanol–water partition coefficient (Wildman–Crippen LogP) is 5.13. The summed E-state index contributed by atoms with van der Waals surface area (Å²) < 4.78 is 73.0. The van der Waals surface area contributed by atoms with Gasteiger partial charge in [-0.05, 0) is 68.4 Å². The fourth-order valence-corrected chi connectivity index (χ4v) is 6.19. The van der Waals surface area contributed by atoms with Gasteiger partial charge in [-0.1, -0.05) is 24.6 Å². The lowest BCUT2D eigenvalue weighted by atomic mass is 10.0. The van der Waals surface area contributed by atoms with E-state index in [9.17, 15) is 36.3 Å². The number of urea groups is 1. The molecule has 3 aromatic rings. The first kappa shape index (κ1) is 34.7. The van der Waals surface area contributed by atoms with E-state index < -0.39 is 39.9 Å². The number of alkyl halides is 3. The van der Waals surface area contributed by atoms with Gasteiger partial charge in [-0.3, -0.25) is 4.79 Å². The van der Waals surface area contributed by atoms with Crippen LogP contribution in [0.5, 0.6) is 5.75 Å². The minimum atomic E-state index is -4.51. The Kier molecular flexibility index (Phi) is 10.6. The van der Waals surface area contributed by atoms with Gasteiger partial charge < -0.3 is 25.4 Å². The topological polar surface area (TPSA) is 128 Å². The van der Waals surface area contributed by atoms with Crippen LogP contribution in [-0.2, 0) is 27.4 Å². The van der Waals surface area contributed by atoms with Crippen molar-refractivity contribution in [2.75, 3.05) is 37.4 Å². The van der Waals surface area contributed by atoms with Gasteiger partial charge in [0.15, 0.2) is 0 Å². The number of benzene rings is 3. The Balaban J connectivity index is 1.58. The molecule has 0 fully saturated rings. The fraction of sp³-hybridized carbons (Fsp3) is 0.375. The molecule has 0 spiro atoms. The van der Waals surface area contributed by atoms with E-state index in [1.54, 1.807) is 31.2 Å². The molecule has 248 valence electrons. The normalized spacial score (nSPS) is 18.1. The number of hydrogen-bond donors (Lipinski definition) is 3. The first-order chi connectivity index (χ1) is 21.6. The molecule has 4 rings (SSSR count). The Morgan fingerprint density at radius 2 is 1.67 bits per heavy atom. The number of amides is 3. The van der Waals surface area contributed by atoms with Gasteiger partial charge >= 0.3 is 12.2 Å². The maximum atomic E-state index is 13.5. The van der Waals surface area contributed by atoms with Crippen molar-refractivity contribution in [3.8, 4) is 5.75 Å². The Hall–Kier alpha value is -4.14. The summed E-state index contributed by atoms with van der Waals surface area (Å²) in [6.07, 6.45) is -5.34. The van der Waals surface area contributed by atoms with E-state index in [-0.39, 0.29) is 54.2 Å². The van der Waals surface area contributed by atoms with Crippen molar-refractivity contribution in [3.63, 3.8) is 0 Å². The van der Waals surface area contributed by atoms with Crippen molar-refractivity contribution >= 4 is 33.3 Å². The van der Waals surface area contributed by atoms with Crippen LogP contribution in [0.3, 0.4) is 0 Å². The zero-order chi connectivity index (χ0) is 33.8. The molecule has 0 saturated heterocycles. The van der Waals surface area contributed by atoms with E-state index in [0.29, 0.717) is 11.3 Å². The average Bonchev–Trinajstić information content (AvgIpc) is 3.04. The molecule has 3 N–H and O–H groups in total. The molecule has 0 bridgehead atoms. The number of aliphatic hydroxyl groups excluding tert-OH is 1. The van der Waals surface area contributed by atoms with Gasteiger partial charge in [-0.15, -0.1) is 0 Å². The molecule has 0 aliphatic carbocycles. The number of likely N-dealkylation sites (N-methyl/N-ethyl adjacent to an activating group) is 1. The first-order valence-electron chi connectivity index (χ1n) is 14.6. The van der Waals surface area contributed by atoms with Crippen LogP contribution in [-0.4, -0.2) is 73.6 Å². The largest absolute Gasteiger partial charge is 0.488 e. The summed E-state index contributed by atoms with van der Waals surface area (Å²) in [7, 11) is -2.41. The quantitative estimate of drug-likeness (QED) is 0.307. The van der Waals surface area contributed by atoms with Crippen LogP contribution in [0.2, 0.25) is 0 Å². The number of aryl methyl sites for hydroxylation is 1. The van der Waals surface area contributed by atoms with Crippen LogP contribution < -0.4 is 15.4 Å². The fourth-order valence-electron chi connectivity index (χ4n) is 5.00. The Labute approximate surface area is 266 Å². The molecule has 1 heterocycles. The minimum Gasteiger partial charge on any atom is -0.488 e. The summed E-state index contributed by atoms with van der Waals surface area (Å²) in [6.45, 7) is 5.27. The van der Waals surface area contributed by atoms with Gasteiger partial charge in [0.25, 0.3) is 0 Å². The molecule has 46 heavy (non-hydrogen) atoms. The second-order valence-electron chi connectivity index (χ2n) is 11.5. The lowest BCUT2D eigenvalue weighted by molar-refractivity contribution is -0.137. The smallest absolute Gasteiger partial charge is 0.416 e. The van der Waals surface area contributed by atoms with Gasteiger partial charge in [0, 0.05) is 36.4 Å². The molecular weight excluding hydrogens is 625 g/mol. The molecule has 0 saturated carbocycles. The van der Waals surface area contributed by atoms with Gasteiger partial charge in [-0.25, -0.2) is 13.2 Å². The summed E-state index contributed by atoms with van der Waals surface area (Å²) in [5, 5.41) is 15.0. The van der Waals surface area contributed by atoms with Crippen LogP contribution in [0.25, 0.3) is 0 Å². The molecule has 0 radical (unpaired) electrons. The third kappa shape index (κ3) is 8.36. The van der Waals surface area contributed by atoms with Crippen molar-refractivity contribution in [2.24, 2.45) is 5.92 Å². The molecule has 0 aromatic heterocycles. The minimum absolute atomic E-state index is 0.0398. The molecule has 3 aromatic carbocycles. The van der Waals surface area contributed by atoms with Crippen molar-refractivity contribution in [1.29, 1.82) is 0 Å². The van der Waals surface area contributed by atoms with Gasteiger partial charge in [0.1, 0.15) is 11.9 Å². The number of aliphatic hydroxyl groups is 1. The van der Waals surface area contributed by atoms with E-state index in [4.69, 9.17) is 4.74 Å². The molecule has 3 atom stereocenters. The summed E-state index contributed by atoms with van der Waals surface area (Å²) in [5.41, 5.74) is 0.902. The zero-order valence-corrected chi connectivity index (χ0v) is 26.7. The second-order valence-corrected chi connectivity index (χ2v) is 13.5. The summed E-state index contributed by atoms with van der Waals surface area (Å²) in [6, 6.07) is 13.9. The first-order valence-corrected chi connectivity index (χ1v) is 16.0. The highest BCUT2D eigenvalue weighted by Crippen LogP contribution is 2.31. The van der Waals surface area contributed by atoms with Crippen LogP contribution >= 0.6 is 0 Å². The molecule has 3 amide bonds. The number of nitrogens with zero attached hydrogens (tertiary/aromatic N) is 2. The van der Waals surface area contributed by atoms with Crippen LogP contribution in [0, 0.1) is 12.8 Å². The highest BCUT2D eigenvalue weighted by molar-refractivity contribution is 7.89. The number of hydrogen-bond acceptors (Lipinski definition) is 6. The number of sulfonamides is 1. The van der Waals surface area contributed by atoms with Crippen LogP contribution in [0.4, 0.5) is 29.3 Å². The standard InChI is InChI=1S/C32H37F3N4O6S/c1-20-5-12-27(13-6-20)46(43,44)38(4)18-29-21(2)17-39(22(3)19-40)30(41)16-23-15-26(11-14-28(23)45-29)37-31(42)36-25-9-7-24(8-10-25)32(33,34)35/h5-15,21-22,29,40H,16-19H2,1-4H3,(H2,36,37,42)/t21-,22+,29+/m1/s1. The average molecular weight is 663 g/mol. The van der Waals surface area contributed by atoms with Crippen LogP contribution in [0.1, 0.15) is 30.5 Å². The van der Waals surface area contributed by atoms with Crippen molar-refractivity contribution in [3.05, 3.63) is 83.4 Å². The molecule has 14 heteroatoms. The number of halogens is 3. The monoisotopic (exact) mass is 662 g/mol. The Morgan fingerprint density at radius 3 is 2.28 bits per heavy atom. The molecule has 1 aliphatic heterocycles. The van der Waals surface area contributed by atoms with Crippen molar-refractivity contribution < 1.29 is 41.0 Å². The van der Waals surface area contributed by atoms with Gasteiger partial charge in [-0.2, -0.15) is 17.5 Å². The van der Waals surface area contributed by atoms with Crippen molar-refractivity contribution in [2.45, 2.75) is 50.4 Å². The van der Waals surface area contributed by atoms with E-state index in [2.05, 4.69) is 10.6 Å². The van der Waals surface area contributed by atoms with E-state index in [1.165, 1.54) is 34.5 Å². The number of anilines is 2. The van der Waals surface area contributed by atoms with E-state index in [0.717, 1.165) is 29.8 Å². The lowest BCUT2D eigenvalue weighted by Crippen LogP contribution is -2.48. The SMILES string of the molecule is Cc1ccc(S(=O)(=O)N(C)C[C@@H]2Oc3ccc(NC(=O)Nc4ccc(C(F)(F)F)cc4)cc3CC(=O)N([C@@H](C)CO)C[C@H]2C)cc1. The highest BCUT2D eigenvalue weighted by Gasteiger charge is 2.34. The molecule has 10 nitrogen and oxygen atoms in total. The summed E-state index contributed by atoms with van der Waals surface area (Å²) in [4.78, 5) is 27.8. The van der Waals surface area contributed by atoms with Gasteiger partial charge in [0.05, 0.1) is 36.1 Å². The van der Waals surface area contributed by atoms with E-state index >= 15 is 0 Å². The third-order valence-electron chi connectivity index (χ3n) is 7.81. The molecule has 0 unspecified atom stereocenters. The predicted molar refractivity (Wildman–Crippen MR) is 167 cm³/mol. The number of carbonyl (C=O) groups excluding carboxylic acids is 2. The number of rotatable bonds is 8. The number of ether oxygens (including phenoxy) is 1. The number of nitrogens with one attached hydrogen (secondary N) is 2. The molecule has 1 aliphatic rings. The van der Waals surface area contributed by atoms with Gasteiger partial charge in [0.2, 0.25) is 15.9 Å². The second kappa shape index (κ2) is 14.1. The van der Waals surface area contributed by atoms with Crippen LogP contribution in [0.15, 0.2) is 71.6 Å². The lowest BCUT2D eigenvalue weighted by Gasteiger charge is -2.33. The number of carbonyl (C=O) groups is 2. The Morgan fingerprint density at radius 1 is 1.07 bits per heavy atom. The van der Waals surface area contributed by atoms with Crippen molar-refractivity contribution in [1.82, 2.24) is 9.21 Å². The highest BCUT2D eigenvalue weighted by atomic mass is 32.2.